The smallest absolute Gasteiger partial charge is 0.163 e. The average Bonchev–Trinajstić information content (AvgIpc) is 3.35. The molecule has 24 heavy (non-hydrogen) atoms. The number of aliphatic hydroxyl groups excluding tert-OH is 1. The van der Waals surface area contributed by atoms with Crippen molar-refractivity contribution in [2.24, 2.45) is 0 Å². The van der Waals surface area contributed by atoms with Gasteiger partial charge in [-0.1, -0.05) is 0 Å². The molecule has 2 saturated heterocycles. The maximum absolute atomic E-state index is 10.9. The molecular formula is C16H20N4O4. The second kappa shape index (κ2) is 5.45. The number of aromatic nitrogens is 4. The second-order valence-electron chi connectivity index (χ2n) is 6.79. The number of nitrogens with zero attached hydrogens (tertiary/aromatic N) is 4. The Bertz CT molecular complexity index is 762. The van der Waals surface area contributed by atoms with Crippen LogP contribution in [0.3, 0.4) is 0 Å². The molecule has 0 amide bonds. The normalized spacial score (nSPS) is 36.7. The fourth-order valence-electron chi connectivity index (χ4n) is 3.67. The highest BCUT2D eigenvalue weighted by atomic mass is 16.7. The Hall–Kier alpha value is -1.61. The molecule has 8 heteroatoms. The fourth-order valence-corrected chi connectivity index (χ4v) is 3.67. The van der Waals surface area contributed by atoms with Crippen LogP contribution in [0.25, 0.3) is 11.2 Å². The van der Waals surface area contributed by atoms with Crippen molar-refractivity contribution >= 4 is 11.2 Å². The largest absolute Gasteiger partial charge is 0.388 e. The molecule has 5 rings (SSSR count). The van der Waals surface area contributed by atoms with Crippen LogP contribution in [0.2, 0.25) is 0 Å². The molecule has 0 bridgehead atoms. The summed E-state index contributed by atoms with van der Waals surface area (Å²) in [5.41, 5.74) is 2.59. The highest BCUT2D eigenvalue weighted by molar-refractivity contribution is 5.74. The van der Waals surface area contributed by atoms with Crippen molar-refractivity contribution in [3.05, 3.63) is 18.3 Å². The average molecular weight is 332 g/mol. The van der Waals surface area contributed by atoms with E-state index in [1.807, 2.05) is 11.5 Å². The predicted octanol–water partition coefficient (Wildman–Crippen LogP) is 0.766. The summed E-state index contributed by atoms with van der Waals surface area (Å²) in [5.74, 6) is 0.496. The number of imidazole rings is 1. The first-order valence-corrected chi connectivity index (χ1v) is 8.46. The maximum Gasteiger partial charge on any atom is 0.163 e. The first-order valence-electron chi connectivity index (χ1n) is 8.46. The van der Waals surface area contributed by atoms with Crippen molar-refractivity contribution in [1.82, 2.24) is 19.5 Å². The van der Waals surface area contributed by atoms with Crippen LogP contribution in [0.1, 0.15) is 37.4 Å². The van der Waals surface area contributed by atoms with Gasteiger partial charge in [0, 0.05) is 5.92 Å². The number of hydrogen-bond donors (Lipinski definition) is 1. The zero-order valence-electron chi connectivity index (χ0n) is 13.4. The molecule has 128 valence electrons. The minimum Gasteiger partial charge on any atom is -0.388 e. The first kappa shape index (κ1) is 14.7. The van der Waals surface area contributed by atoms with Crippen molar-refractivity contribution in [1.29, 1.82) is 0 Å². The summed E-state index contributed by atoms with van der Waals surface area (Å²) in [6.07, 6.45) is 3.94. The lowest BCUT2D eigenvalue weighted by Crippen LogP contribution is -2.57. The van der Waals surface area contributed by atoms with Crippen molar-refractivity contribution < 1.29 is 19.3 Å². The molecule has 3 aliphatic rings. The predicted molar refractivity (Wildman–Crippen MR) is 82.4 cm³/mol. The van der Waals surface area contributed by atoms with Gasteiger partial charge in [0.15, 0.2) is 11.9 Å². The van der Waals surface area contributed by atoms with E-state index in [2.05, 4.69) is 15.0 Å². The lowest BCUT2D eigenvalue weighted by atomic mass is 9.97. The van der Waals surface area contributed by atoms with Gasteiger partial charge in [-0.25, -0.2) is 15.0 Å². The molecular weight excluding hydrogens is 312 g/mol. The van der Waals surface area contributed by atoms with Gasteiger partial charge in [-0.05, 0) is 19.8 Å². The molecule has 2 aromatic rings. The van der Waals surface area contributed by atoms with E-state index in [0.29, 0.717) is 19.1 Å². The number of fused-ring (bicyclic) bond motifs is 2. The summed E-state index contributed by atoms with van der Waals surface area (Å²) >= 11 is 0. The van der Waals surface area contributed by atoms with E-state index in [1.165, 1.54) is 0 Å². The van der Waals surface area contributed by atoms with Crippen molar-refractivity contribution in [2.45, 2.75) is 56.3 Å². The first-order chi connectivity index (χ1) is 11.7. The summed E-state index contributed by atoms with van der Waals surface area (Å²) in [7, 11) is 0. The second-order valence-corrected chi connectivity index (χ2v) is 6.79. The fraction of sp³-hybridized carbons (Fsp3) is 0.688. The molecule has 1 saturated carbocycles. The van der Waals surface area contributed by atoms with E-state index < -0.39 is 12.2 Å². The Morgan fingerprint density at radius 3 is 2.88 bits per heavy atom. The van der Waals surface area contributed by atoms with Crippen molar-refractivity contribution in [2.75, 3.05) is 13.2 Å². The molecule has 2 aliphatic heterocycles. The molecule has 5 unspecified atom stereocenters. The van der Waals surface area contributed by atoms with Crippen LogP contribution in [-0.2, 0) is 14.2 Å². The monoisotopic (exact) mass is 332 g/mol. The van der Waals surface area contributed by atoms with Crippen LogP contribution in [-0.4, -0.2) is 62.4 Å². The van der Waals surface area contributed by atoms with Crippen molar-refractivity contribution in [3.8, 4) is 0 Å². The lowest BCUT2D eigenvalue weighted by molar-refractivity contribution is -0.296. The van der Waals surface area contributed by atoms with Gasteiger partial charge >= 0.3 is 0 Å². The Kier molecular flexibility index (Phi) is 3.34. The molecule has 1 N–H and O–H groups in total. The molecule has 5 atom stereocenters. The van der Waals surface area contributed by atoms with Crippen LogP contribution >= 0.6 is 0 Å². The van der Waals surface area contributed by atoms with E-state index in [9.17, 15) is 5.11 Å². The third-order valence-electron chi connectivity index (χ3n) is 5.13. The van der Waals surface area contributed by atoms with Gasteiger partial charge in [0.25, 0.3) is 0 Å². The minimum absolute atomic E-state index is 0.237. The van der Waals surface area contributed by atoms with E-state index in [4.69, 9.17) is 14.2 Å². The molecule has 0 aromatic carbocycles. The standard InChI is InChI=1S/C16H20N4O4/c1-8-22-5-11-15(24-8)14(21)10(4-23-11)20-7-19-13-12(9-2-3-9)17-6-18-16(13)20/h6-11,14-15,21H,2-5H2,1H3. The third kappa shape index (κ3) is 2.25. The maximum atomic E-state index is 10.9. The van der Waals surface area contributed by atoms with E-state index in [-0.39, 0.29) is 18.4 Å². The Morgan fingerprint density at radius 1 is 1.17 bits per heavy atom. The van der Waals surface area contributed by atoms with Gasteiger partial charge in [0.1, 0.15) is 30.2 Å². The molecule has 0 radical (unpaired) electrons. The topological polar surface area (TPSA) is 91.5 Å². The number of rotatable bonds is 2. The number of ether oxygens (including phenoxy) is 3. The summed E-state index contributed by atoms with van der Waals surface area (Å²) in [6, 6.07) is -0.288. The van der Waals surface area contributed by atoms with Crippen LogP contribution in [0.4, 0.5) is 0 Å². The van der Waals surface area contributed by atoms with Crippen LogP contribution in [0.5, 0.6) is 0 Å². The molecule has 2 aromatic heterocycles. The van der Waals surface area contributed by atoms with Gasteiger partial charge in [-0.3, -0.25) is 0 Å². The Balaban J connectivity index is 1.50. The van der Waals surface area contributed by atoms with Crippen LogP contribution in [0.15, 0.2) is 12.7 Å². The van der Waals surface area contributed by atoms with Crippen LogP contribution < -0.4 is 0 Å². The Labute approximate surface area is 138 Å². The van der Waals surface area contributed by atoms with Gasteiger partial charge < -0.3 is 23.9 Å². The summed E-state index contributed by atoms with van der Waals surface area (Å²) in [6.45, 7) is 2.64. The molecule has 1 aliphatic carbocycles. The van der Waals surface area contributed by atoms with E-state index >= 15 is 0 Å². The highest BCUT2D eigenvalue weighted by Crippen LogP contribution is 2.41. The summed E-state index contributed by atoms with van der Waals surface area (Å²) in [5, 5.41) is 10.9. The Morgan fingerprint density at radius 2 is 2.04 bits per heavy atom. The quantitative estimate of drug-likeness (QED) is 0.868. The number of aliphatic hydroxyl groups is 1. The summed E-state index contributed by atoms with van der Waals surface area (Å²) in [4.78, 5) is 13.3. The molecule has 4 heterocycles. The SMILES string of the molecule is CC1OCC2OCC(n3cnc4c(C5CC5)ncnc43)C(O)C2O1. The van der Waals surface area contributed by atoms with Gasteiger partial charge in [0.2, 0.25) is 0 Å². The van der Waals surface area contributed by atoms with Gasteiger partial charge in [-0.2, -0.15) is 0 Å². The molecule has 8 nitrogen and oxygen atoms in total. The number of hydrogen-bond acceptors (Lipinski definition) is 7. The van der Waals surface area contributed by atoms with Gasteiger partial charge in [0.05, 0.1) is 31.3 Å². The van der Waals surface area contributed by atoms with E-state index in [1.54, 1.807) is 12.7 Å². The third-order valence-corrected chi connectivity index (χ3v) is 5.13. The van der Waals surface area contributed by atoms with Gasteiger partial charge in [-0.15, -0.1) is 0 Å². The highest BCUT2D eigenvalue weighted by Gasteiger charge is 2.45. The minimum atomic E-state index is -0.702. The molecule has 0 spiro atoms. The molecule has 3 fully saturated rings. The zero-order valence-corrected chi connectivity index (χ0v) is 13.4. The van der Waals surface area contributed by atoms with Crippen LogP contribution in [0, 0.1) is 0 Å². The zero-order chi connectivity index (χ0) is 16.3. The summed E-state index contributed by atoms with van der Waals surface area (Å²) < 4.78 is 19.0. The lowest BCUT2D eigenvalue weighted by Gasteiger charge is -2.44. The van der Waals surface area contributed by atoms with Crippen molar-refractivity contribution in [3.63, 3.8) is 0 Å². The van der Waals surface area contributed by atoms with E-state index in [0.717, 1.165) is 29.7 Å².